The van der Waals surface area contributed by atoms with Gasteiger partial charge in [0.25, 0.3) is 0 Å². The van der Waals surface area contributed by atoms with Crippen molar-refractivity contribution in [2.75, 3.05) is 51.6 Å². The average molecular weight is 317 g/mol. The van der Waals surface area contributed by atoms with Crippen LogP contribution < -0.4 is 5.73 Å². The summed E-state index contributed by atoms with van der Waals surface area (Å²) < 4.78 is 39.6. The van der Waals surface area contributed by atoms with Crippen LogP contribution in [0.5, 0.6) is 0 Å². The summed E-state index contributed by atoms with van der Waals surface area (Å²) in [4.78, 5) is 0.169. The molecule has 0 spiro atoms. The lowest BCUT2D eigenvalue weighted by molar-refractivity contribution is 0.0284. The minimum atomic E-state index is -3.43. The van der Waals surface area contributed by atoms with Gasteiger partial charge in [-0.15, -0.1) is 0 Å². The number of rotatable bonds is 10. The van der Waals surface area contributed by atoms with Crippen LogP contribution in [0.1, 0.15) is 5.56 Å². The van der Waals surface area contributed by atoms with Crippen LogP contribution in [0, 0.1) is 6.92 Å². The van der Waals surface area contributed by atoms with Crippen LogP contribution >= 0.6 is 0 Å². The summed E-state index contributed by atoms with van der Waals surface area (Å²) in [7, 11) is -1.83. The van der Waals surface area contributed by atoms with Crippen LogP contribution in [0.25, 0.3) is 0 Å². The second-order valence-electron chi connectivity index (χ2n) is 4.58. The molecule has 1 aromatic rings. The third-order valence-corrected chi connectivity index (χ3v) is 4.53. The summed E-state index contributed by atoms with van der Waals surface area (Å²) in [5, 5.41) is 0. The third-order valence-electron chi connectivity index (χ3n) is 2.80. The number of sulfone groups is 1. The van der Waals surface area contributed by atoms with Crippen molar-refractivity contribution in [2.24, 2.45) is 0 Å². The Bertz CT molecular complexity index is 530. The molecule has 0 unspecified atom stereocenters. The van der Waals surface area contributed by atoms with Crippen LogP contribution in [0.2, 0.25) is 0 Å². The molecule has 0 bridgehead atoms. The molecule has 7 heteroatoms. The predicted octanol–water partition coefficient (Wildman–Crippen LogP) is 1.03. The fourth-order valence-electron chi connectivity index (χ4n) is 1.65. The van der Waals surface area contributed by atoms with E-state index in [2.05, 4.69) is 0 Å². The summed E-state index contributed by atoms with van der Waals surface area (Å²) >= 11 is 0. The smallest absolute Gasteiger partial charge is 0.182 e. The monoisotopic (exact) mass is 317 g/mol. The van der Waals surface area contributed by atoms with Gasteiger partial charge in [-0.2, -0.15) is 0 Å². The summed E-state index contributed by atoms with van der Waals surface area (Å²) in [6.45, 7) is 3.73. The summed E-state index contributed by atoms with van der Waals surface area (Å²) in [6, 6.07) is 4.97. The van der Waals surface area contributed by atoms with E-state index in [4.69, 9.17) is 19.9 Å². The second kappa shape index (κ2) is 8.99. The Morgan fingerprint density at radius 1 is 1.05 bits per heavy atom. The molecule has 0 atom stereocenters. The van der Waals surface area contributed by atoms with Gasteiger partial charge in [0.05, 0.1) is 49.4 Å². The first kappa shape index (κ1) is 17.9. The molecule has 0 saturated carbocycles. The maximum absolute atomic E-state index is 12.2. The molecule has 0 aliphatic rings. The lowest BCUT2D eigenvalue weighted by Crippen LogP contribution is -2.16. The minimum absolute atomic E-state index is 0.0985. The van der Waals surface area contributed by atoms with E-state index in [1.54, 1.807) is 25.3 Å². The summed E-state index contributed by atoms with van der Waals surface area (Å²) in [5.74, 6) is -0.0985. The Morgan fingerprint density at radius 2 is 1.67 bits per heavy atom. The normalized spacial score (nSPS) is 11.7. The van der Waals surface area contributed by atoms with Crippen molar-refractivity contribution in [1.29, 1.82) is 0 Å². The van der Waals surface area contributed by atoms with E-state index in [1.165, 1.54) is 0 Å². The van der Waals surface area contributed by atoms with Gasteiger partial charge in [-0.1, -0.05) is 6.07 Å². The second-order valence-corrected chi connectivity index (χ2v) is 6.66. The number of benzene rings is 1. The number of nitrogens with two attached hydrogens (primary N) is 1. The number of aryl methyl sites for hydroxylation is 1. The minimum Gasteiger partial charge on any atom is -0.398 e. The first-order valence-corrected chi connectivity index (χ1v) is 8.36. The summed E-state index contributed by atoms with van der Waals surface area (Å²) in [6.07, 6.45) is 0. The average Bonchev–Trinajstić information content (AvgIpc) is 2.44. The van der Waals surface area contributed by atoms with E-state index in [1.807, 2.05) is 6.92 Å². The van der Waals surface area contributed by atoms with Gasteiger partial charge in [-0.25, -0.2) is 8.42 Å². The fraction of sp³-hybridized carbons (Fsp3) is 0.571. The number of anilines is 1. The van der Waals surface area contributed by atoms with E-state index in [0.29, 0.717) is 26.4 Å². The van der Waals surface area contributed by atoms with Crippen LogP contribution in [-0.2, 0) is 24.0 Å². The molecular weight excluding hydrogens is 294 g/mol. The maximum atomic E-state index is 12.2. The molecule has 0 heterocycles. The van der Waals surface area contributed by atoms with E-state index >= 15 is 0 Å². The molecule has 2 N–H and O–H groups in total. The van der Waals surface area contributed by atoms with Crippen LogP contribution in [0.3, 0.4) is 0 Å². The number of hydrogen-bond donors (Lipinski definition) is 1. The lowest BCUT2D eigenvalue weighted by atomic mass is 10.2. The molecule has 21 heavy (non-hydrogen) atoms. The van der Waals surface area contributed by atoms with Crippen molar-refractivity contribution in [3.63, 3.8) is 0 Å². The quantitative estimate of drug-likeness (QED) is 0.512. The van der Waals surface area contributed by atoms with E-state index < -0.39 is 9.84 Å². The van der Waals surface area contributed by atoms with Gasteiger partial charge < -0.3 is 19.9 Å². The largest absolute Gasteiger partial charge is 0.398 e. The van der Waals surface area contributed by atoms with E-state index in [0.717, 1.165) is 5.56 Å². The molecule has 0 aliphatic carbocycles. The Kier molecular flexibility index (Phi) is 7.66. The zero-order valence-corrected chi connectivity index (χ0v) is 13.3. The Morgan fingerprint density at radius 3 is 2.33 bits per heavy atom. The summed E-state index contributed by atoms with van der Waals surface area (Å²) in [5.41, 5.74) is 6.85. The third kappa shape index (κ3) is 6.43. The van der Waals surface area contributed by atoms with Gasteiger partial charge in [-0.3, -0.25) is 0 Å². The maximum Gasteiger partial charge on any atom is 0.182 e. The molecule has 1 aromatic carbocycles. The molecule has 0 saturated heterocycles. The lowest BCUT2D eigenvalue weighted by Gasteiger charge is -2.09. The predicted molar refractivity (Wildman–Crippen MR) is 81.2 cm³/mol. The van der Waals surface area contributed by atoms with E-state index in [-0.39, 0.29) is 22.9 Å². The molecule has 6 nitrogen and oxygen atoms in total. The number of nitrogen functional groups attached to an aromatic ring is 1. The molecular formula is C14H23NO5S. The molecule has 120 valence electrons. The Labute approximate surface area is 126 Å². The molecule has 0 aromatic heterocycles. The van der Waals surface area contributed by atoms with Gasteiger partial charge in [0, 0.05) is 7.11 Å². The molecule has 0 fully saturated rings. The van der Waals surface area contributed by atoms with Gasteiger partial charge in [0.1, 0.15) is 0 Å². The zero-order valence-electron chi connectivity index (χ0n) is 12.5. The van der Waals surface area contributed by atoms with Crippen molar-refractivity contribution >= 4 is 15.5 Å². The zero-order chi connectivity index (χ0) is 15.7. The van der Waals surface area contributed by atoms with E-state index in [9.17, 15) is 8.42 Å². The molecule has 0 aliphatic heterocycles. The molecule has 0 radical (unpaired) electrons. The Hall–Kier alpha value is -1.15. The van der Waals surface area contributed by atoms with Crippen LogP contribution in [-0.4, -0.2) is 54.3 Å². The first-order chi connectivity index (χ1) is 9.97. The van der Waals surface area contributed by atoms with Crippen molar-refractivity contribution in [3.8, 4) is 0 Å². The molecule has 0 amide bonds. The highest BCUT2D eigenvalue weighted by molar-refractivity contribution is 7.91. The fourth-order valence-corrected chi connectivity index (χ4v) is 3.00. The molecule has 1 rings (SSSR count). The van der Waals surface area contributed by atoms with Crippen molar-refractivity contribution in [1.82, 2.24) is 0 Å². The van der Waals surface area contributed by atoms with Crippen molar-refractivity contribution in [3.05, 3.63) is 23.8 Å². The number of hydrogen-bond acceptors (Lipinski definition) is 6. The highest BCUT2D eigenvalue weighted by Crippen LogP contribution is 2.20. The standard InChI is InChI=1S/C14H23NO5S/c1-12-3-4-13(15)14(11-12)21(16,17)10-9-20-8-7-19-6-5-18-2/h3-4,11H,5-10,15H2,1-2H3. The highest BCUT2D eigenvalue weighted by atomic mass is 32.2. The topological polar surface area (TPSA) is 87.9 Å². The van der Waals surface area contributed by atoms with Gasteiger partial charge >= 0.3 is 0 Å². The van der Waals surface area contributed by atoms with Crippen LogP contribution in [0.4, 0.5) is 5.69 Å². The number of methoxy groups -OCH3 is 1. The van der Waals surface area contributed by atoms with Gasteiger partial charge in [-0.05, 0) is 24.6 Å². The highest BCUT2D eigenvalue weighted by Gasteiger charge is 2.17. The van der Waals surface area contributed by atoms with Gasteiger partial charge in [0.2, 0.25) is 0 Å². The first-order valence-electron chi connectivity index (χ1n) is 6.70. The van der Waals surface area contributed by atoms with Crippen molar-refractivity contribution in [2.45, 2.75) is 11.8 Å². The number of ether oxygens (including phenoxy) is 3. The SMILES string of the molecule is COCCOCCOCCS(=O)(=O)c1cc(C)ccc1N. The van der Waals surface area contributed by atoms with Crippen LogP contribution in [0.15, 0.2) is 23.1 Å². The Balaban J connectivity index is 2.35. The van der Waals surface area contributed by atoms with Gasteiger partial charge in [0.15, 0.2) is 9.84 Å². The van der Waals surface area contributed by atoms with Crippen molar-refractivity contribution < 1.29 is 22.6 Å².